The third-order valence-electron chi connectivity index (χ3n) is 4.41. The zero-order chi connectivity index (χ0) is 15.7. The third kappa shape index (κ3) is 3.15. The van der Waals surface area contributed by atoms with Gasteiger partial charge in [-0.25, -0.2) is 4.98 Å². The van der Waals surface area contributed by atoms with Gasteiger partial charge in [-0.05, 0) is 26.8 Å². The third-order valence-corrected chi connectivity index (χ3v) is 5.18. The van der Waals surface area contributed by atoms with Gasteiger partial charge >= 0.3 is 0 Å². The van der Waals surface area contributed by atoms with Crippen molar-refractivity contribution in [3.8, 4) is 0 Å². The molecule has 22 heavy (non-hydrogen) atoms. The van der Waals surface area contributed by atoms with Gasteiger partial charge in [0.15, 0.2) is 0 Å². The fraction of sp³-hybridized carbons (Fsp3) is 0.667. The van der Waals surface area contributed by atoms with Crippen LogP contribution in [0.5, 0.6) is 0 Å². The van der Waals surface area contributed by atoms with Gasteiger partial charge in [-0.2, -0.15) is 0 Å². The number of carbonyl (C=O) groups excluding carboxylic acids is 2. The van der Waals surface area contributed by atoms with Crippen molar-refractivity contribution in [3.05, 3.63) is 16.1 Å². The number of hydrogen-bond acceptors (Lipinski definition) is 5. The summed E-state index contributed by atoms with van der Waals surface area (Å²) in [6.45, 7) is 4.74. The van der Waals surface area contributed by atoms with Crippen molar-refractivity contribution in [1.29, 1.82) is 0 Å². The van der Waals surface area contributed by atoms with Crippen molar-refractivity contribution in [2.24, 2.45) is 0 Å². The summed E-state index contributed by atoms with van der Waals surface area (Å²) in [7, 11) is 2.05. The molecule has 2 aliphatic heterocycles. The predicted octanol–water partition coefficient (Wildman–Crippen LogP) is 0.878. The Kier molecular flexibility index (Phi) is 4.18. The Hall–Kier alpha value is -1.47. The number of rotatable bonds is 1. The average Bonchev–Trinajstić information content (AvgIpc) is 2.82. The van der Waals surface area contributed by atoms with E-state index >= 15 is 0 Å². The molecule has 0 aromatic carbocycles. The first-order chi connectivity index (χ1) is 10.5. The van der Waals surface area contributed by atoms with Crippen LogP contribution in [-0.4, -0.2) is 65.4 Å². The zero-order valence-electron chi connectivity index (χ0n) is 13.1. The highest BCUT2D eigenvalue weighted by Gasteiger charge is 2.40. The number of hydrogen-bond donors (Lipinski definition) is 1. The first kappa shape index (κ1) is 15.4. The van der Waals surface area contributed by atoms with Crippen molar-refractivity contribution >= 4 is 23.2 Å². The summed E-state index contributed by atoms with van der Waals surface area (Å²) in [4.78, 5) is 32.9. The fourth-order valence-corrected chi connectivity index (χ4v) is 4.01. The lowest BCUT2D eigenvalue weighted by atomic mass is 9.87. The number of nitrogens with one attached hydrogen (secondary N) is 1. The summed E-state index contributed by atoms with van der Waals surface area (Å²) in [5.74, 6) is 0.0669. The van der Waals surface area contributed by atoms with E-state index in [1.165, 1.54) is 11.3 Å². The Morgan fingerprint density at radius 3 is 2.91 bits per heavy atom. The quantitative estimate of drug-likeness (QED) is 0.833. The Morgan fingerprint density at radius 2 is 2.23 bits per heavy atom. The molecule has 0 saturated carbocycles. The molecule has 3 heterocycles. The number of amides is 2. The van der Waals surface area contributed by atoms with Crippen LogP contribution in [0.1, 0.15) is 34.8 Å². The molecule has 1 unspecified atom stereocenters. The van der Waals surface area contributed by atoms with E-state index in [1.807, 2.05) is 24.3 Å². The van der Waals surface area contributed by atoms with Gasteiger partial charge in [-0.3, -0.25) is 9.59 Å². The van der Waals surface area contributed by atoms with Crippen LogP contribution in [-0.2, 0) is 4.79 Å². The summed E-state index contributed by atoms with van der Waals surface area (Å²) in [6, 6.07) is 0. The molecule has 3 rings (SSSR count). The van der Waals surface area contributed by atoms with E-state index in [-0.39, 0.29) is 17.4 Å². The summed E-state index contributed by atoms with van der Waals surface area (Å²) in [5.41, 5.74) is 0.200. The predicted molar refractivity (Wildman–Crippen MR) is 85.0 cm³/mol. The monoisotopic (exact) mass is 322 g/mol. The van der Waals surface area contributed by atoms with Crippen LogP contribution >= 0.6 is 11.3 Å². The molecule has 0 radical (unpaired) electrons. The van der Waals surface area contributed by atoms with Crippen LogP contribution in [0.4, 0.5) is 0 Å². The van der Waals surface area contributed by atoms with Gasteiger partial charge in [0.1, 0.15) is 5.69 Å². The zero-order valence-corrected chi connectivity index (χ0v) is 13.9. The lowest BCUT2D eigenvalue weighted by Crippen LogP contribution is -2.61. The smallest absolute Gasteiger partial charge is 0.273 e. The van der Waals surface area contributed by atoms with Crippen LogP contribution in [0, 0.1) is 6.92 Å². The molecule has 0 aliphatic carbocycles. The number of aromatic nitrogens is 1. The topological polar surface area (TPSA) is 65.5 Å². The Bertz CT molecular complexity index is 588. The fourth-order valence-electron chi connectivity index (χ4n) is 3.42. The van der Waals surface area contributed by atoms with E-state index < -0.39 is 0 Å². The Labute approximate surface area is 134 Å². The average molecular weight is 322 g/mol. The van der Waals surface area contributed by atoms with Crippen LogP contribution in [0.3, 0.4) is 0 Å². The first-order valence-corrected chi connectivity index (χ1v) is 8.56. The number of aryl methyl sites for hydroxylation is 1. The van der Waals surface area contributed by atoms with E-state index in [0.717, 1.165) is 30.9 Å². The van der Waals surface area contributed by atoms with Crippen molar-refractivity contribution < 1.29 is 9.59 Å². The van der Waals surface area contributed by atoms with Gasteiger partial charge in [0, 0.05) is 38.0 Å². The molecule has 2 aliphatic rings. The largest absolute Gasteiger partial charge is 0.348 e. The summed E-state index contributed by atoms with van der Waals surface area (Å²) < 4.78 is 0. The van der Waals surface area contributed by atoms with Gasteiger partial charge in [0.05, 0.1) is 10.5 Å². The molecule has 1 spiro atoms. The minimum absolute atomic E-state index is 0.0288. The van der Waals surface area contributed by atoms with Gasteiger partial charge in [0.25, 0.3) is 5.91 Å². The SMILES string of the molecule is Cc1nc(C(=O)N2CCN(C)CC3(CCCC(=O)N3)C2)cs1. The second-order valence-corrected chi connectivity index (χ2v) is 7.46. The van der Waals surface area contributed by atoms with E-state index in [9.17, 15) is 9.59 Å². The van der Waals surface area contributed by atoms with E-state index in [2.05, 4.69) is 15.2 Å². The summed E-state index contributed by atoms with van der Waals surface area (Å²) in [6.07, 6.45) is 2.39. The number of carbonyl (C=O) groups is 2. The molecular weight excluding hydrogens is 300 g/mol. The van der Waals surface area contributed by atoms with Gasteiger partial charge in [0.2, 0.25) is 5.91 Å². The lowest BCUT2D eigenvalue weighted by Gasteiger charge is -2.40. The summed E-state index contributed by atoms with van der Waals surface area (Å²) >= 11 is 1.49. The van der Waals surface area contributed by atoms with E-state index in [0.29, 0.717) is 25.2 Å². The second-order valence-electron chi connectivity index (χ2n) is 6.40. The molecule has 7 heteroatoms. The maximum absolute atomic E-state index is 12.7. The Morgan fingerprint density at radius 1 is 1.41 bits per heavy atom. The molecule has 2 amide bonds. The van der Waals surface area contributed by atoms with Crippen molar-refractivity contribution in [2.45, 2.75) is 31.7 Å². The van der Waals surface area contributed by atoms with Crippen molar-refractivity contribution in [1.82, 2.24) is 20.1 Å². The highest BCUT2D eigenvalue weighted by Crippen LogP contribution is 2.25. The molecule has 120 valence electrons. The molecule has 1 aromatic rings. The lowest BCUT2D eigenvalue weighted by molar-refractivity contribution is -0.125. The molecular formula is C15H22N4O2S. The van der Waals surface area contributed by atoms with Crippen molar-refractivity contribution in [2.75, 3.05) is 33.2 Å². The van der Waals surface area contributed by atoms with Gasteiger partial charge < -0.3 is 15.1 Å². The maximum Gasteiger partial charge on any atom is 0.273 e. The Balaban J connectivity index is 1.82. The molecule has 6 nitrogen and oxygen atoms in total. The highest BCUT2D eigenvalue weighted by molar-refractivity contribution is 7.09. The minimum Gasteiger partial charge on any atom is -0.348 e. The molecule has 0 bridgehead atoms. The number of likely N-dealkylation sites (N-methyl/N-ethyl adjacent to an activating group) is 1. The molecule has 2 fully saturated rings. The molecule has 1 aromatic heterocycles. The number of nitrogens with zero attached hydrogens (tertiary/aromatic N) is 3. The minimum atomic E-state index is -0.318. The molecule has 1 N–H and O–H groups in total. The summed E-state index contributed by atoms with van der Waals surface area (Å²) in [5, 5.41) is 5.87. The van der Waals surface area contributed by atoms with Crippen LogP contribution in [0.15, 0.2) is 5.38 Å². The van der Waals surface area contributed by atoms with Gasteiger partial charge in [-0.15, -0.1) is 11.3 Å². The van der Waals surface area contributed by atoms with Crippen LogP contribution in [0.25, 0.3) is 0 Å². The van der Waals surface area contributed by atoms with Crippen LogP contribution < -0.4 is 5.32 Å². The van der Waals surface area contributed by atoms with Crippen LogP contribution in [0.2, 0.25) is 0 Å². The standard InChI is InChI=1S/C15H22N4O2S/c1-11-16-12(8-22-11)14(21)19-7-6-18(2)9-15(10-19)5-3-4-13(20)17-15/h8H,3-7,9-10H2,1-2H3,(H,17,20). The first-order valence-electron chi connectivity index (χ1n) is 7.68. The maximum atomic E-state index is 12.7. The van der Waals surface area contributed by atoms with E-state index in [4.69, 9.17) is 0 Å². The number of piperidine rings is 1. The van der Waals surface area contributed by atoms with Gasteiger partial charge in [-0.1, -0.05) is 0 Å². The number of thiazole rings is 1. The molecule has 2 saturated heterocycles. The highest BCUT2D eigenvalue weighted by atomic mass is 32.1. The van der Waals surface area contributed by atoms with Crippen molar-refractivity contribution in [3.63, 3.8) is 0 Å². The second kappa shape index (κ2) is 5.96. The normalized spacial score (nSPS) is 26.8. The molecule has 1 atom stereocenters. The van der Waals surface area contributed by atoms with E-state index in [1.54, 1.807) is 0 Å².